The van der Waals surface area contributed by atoms with Gasteiger partial charge in [-0.3, -0.25) is 10.2 Å². The number of ether oxygens (including phenoxy) is 3. The van der Waals surface area contributed by atoms with Gasteiger partial charge >= 0.3 is 0 Å². The number of carbonyl (C=O) groups is 1. The largest absolute Gasteiger partial charge is 0.493 e. The number of nitrogens with one attached hydrogen (secondary N) is 2. The first-order valence-corrected chi connectivity index (χ1v) is 10.1. The third-order valence-electron chi connectivity index (χ3n) is 5.28. The van der Waals surface area contributed by atoms with Crippen LogP contribution in [0.25, 0.3) is 0 Å². The molecular formula is C23H29N3O4. The van der Waals surface area contributed by atoms with Crippen LogP contribution < -0.4 is 20.5 Å². The molecule has 0 bridgehead atoms. The second kappa shape index (κ2) is 10.1. The summed E-state index contributed by atoms with van der Waals surface area (Å²) in [4.78, 5) is 12.8. The molecule has 0 aromatic heterocycles. The summed E-state index contributed by atoms with van der Waals surface area (Å²) in [6, 6.07) is 12.5. The van der Waals surface area contributed by atoms with E-state index in [2.05, 4.69) is 5.32 Å². The Bertz CT molecular complexity index is 877. The minimum absolute atomic E-state index is 0.00667. The molecule has 0 radical (unpaired) electrons. The molecule has 4 N–H and O–H groups in total. The van der Waals surface area contributed by atoms with E-state index in [0.29, 0.717) is 17.1 Å². The summed E-state index contributed by atoms with van der Waals surface area (Å²) < 4.78 is 17.1. The maximum Gasteiger partial charge on any atom is 0.185 e. The van der Waals surface area contributed by atoms with Crippen molar-refractivity contribution in [3.05, 3.63) is 53.6 Å². The summed E-state index contributed by atoms with van der Waals surface area (Å²) >= 11 is 0. The van der Waals surface area contributed by atoms with Gasteiger partial charge in [0.25, 0.3) is 0 Å². The molecule has 1 saturated carbocycles. The highest BCUT2D eigenvalue weighted by atomic mass is 16.5. The van der Waals surface area contributed by atoms with E-state index in [0.717, 1.165) is 24.1 Å². The predicted molar refractivity (Wildman–Crippen MR) is 117 cm³/mol. The van der Waals surface area contributed by atoms with E-state index in [1.807, 2.05) is 18.2 Å². The lowest BCUT2D eigenvalue weighted by molar-refractivity contribution is -0.127. The van der Waals surface area contributed by atoms with E-state index >= 15 is 0 Å². The lowest BCUT2D eigenvalue weighted by atomic mass is 10.0. The van der Waals surface area contributed by atoms with Crippen LogP contribution >= 0.6 is 0 Å². The Kier molecular flexibility index (Phi) is 7.30. The van der Waals surface area contributed by atoms with Gasteiger partial charge < -0.3 is 25.3 Å². The van der Waals surface area contributed by atoms with Crippen molar-refractivity contribution in [2.45, 2.75) is 37.9 Å². The summed E-state index contributed by atoms with van der Waals surface area (Å²) in [5.41, 5.74) is 7.59. The number of amidine groups is 1. The molecule has 2 aromatic carbocycles. The molecule has 0 aliphatic heterocycles. The van der Waals surface area contributed by atoms with Crippen molar-refractivity contribution < 1.29 is 19.0 Å². The summed E-state index contributed by atoms with van der Waals surface area (Å²) in [7, 11) is 3.13. The monoisotopic (exact) mass is 411 g/mol. The van der Waals surface area contributed by atoms with Crippen molar-refractivity contribution in [3.8, 4) is 11.5 Å². The Morgan fingerprint density at radius 1 is 1.13 bits per heavy atom. The quantitative estimate of drug-likeness (QED) is 0.407. The van der Waals surface area contributed by atoms with E-state index in [4.69, 9.17) is 25.4 Å². The number of carbonyl (C=O) groups excluding carboxylic acids is 1. The second-order valence-electron chi connectivity index (χ2n) is 7.36. The number of benzene rings is 2. The molecule has 0 spiro atoms. The number of anilines is 1. The zero-order valence-corrected chi connectivity index (χ0v) is 17.4. The molecule has 1 unspecified atom stereocenters. The Hall–Kier alpha value is -3.06. The van der Waals surface area contributed by atoms with Crippen LogP contribution in [0.3, 0.4) is 0 Å². The molecule has 1 aliphatic rings. The standard InChI is InChI=1S/C23H29N3O4/c1-28-20-12-9-16(13-21(20)30-18-5-3-4-6-18)22(29-2)19(27)14-26-17-10-7-15(8-11-17)23(24)25/h7-13,18,22,26H,3-6,14H2,1-2H3,(H3,24,25). The van der Waals surface area contributed by atoms with Gasteiger partial charge in [0.15, 0.2) is 17.3 Å². The Balaban J connectivity index is 1.69. The highest BCUT2D eigenvalue weighted by molar-refractivity contribution is 5.95. The van der Waals surface area contributed by atoms with E-state index in [9.17, 15) is 4.79 Å². The topological polar surface area (TPSA) is 107 Å². The number of nitrogens with two attached hydrogens (primary N) is 1. The molecule has 7 nitrogen and oxygen atoms in total. The van der Waals surface area contributed by atoms with Crippen LogP contribution in [0.5, 0.6) is 11.5 Å². The van der Waals surface area contributed by atoms with Crippen molar-refractivity contribution in [1.29, 1.82) is 5.41 Å². The molecule has 0 amide bonds. The fourth-order valence-corrected chi connectivity index (χ4v) is 3.64. The maximum atomic E-state index is 12.8. The van der Waals surface area contributed by atoms with Gasteiger partial charge in [-0.1, -0.05) is 6.07 Å². The molecular weight excluding hydrogens is 382 g/mol. The molecule has 1 fully saturated rings. The van der Waals surface area contributed by atoms with Crippen LogP contribution in [0.1, 0.15) is 42.9 Å². The molecule has 7 heteroatoms. The SMILES string of the molecule is COc1ccc(C(OC)C(=O)CNc2ccc(C(=N)N)cc2)cc1OC1CCCC1. The van der Waals surface area contributed by atoms with Crippen LogP contribution in [0, 0.1) is 5.41 Å². The minimum atomic E-state index is -0.717. The maximum absolute atomic E-state index is 12.8. The Morgan fingerprint density at radius 3 is 2.43 bits per heavy atom. The minimum Gasteiger partial charge on any atom is -0.493 e. The molecule has 0 saturated heterocycles. The van der Waals surface area contributed by atoms with Gasteiger partial charge in [-0.25, -0.2) is 0 Å². The van der Waals surface area contributed by atoms with E-state index in [1.165, 1.54) is 20.0 Å². The molecule has 1 atom stereocenters. The lowest BCUT2D eigenvalue weighted by Gasteiger charge is -2.20. The summed E-state index contributed by atoms with van der Waals surface area (Å²) in [5, 5.41) is 10.5. The highest BCUT2D eigenvalue weighted by Gasteiger charge is 2.23. The predicted octanol–water partition coefficient (Wildman–Crippen LogP) is 3.67. The smallest absolute Gasteiger partial charge is 0.185 e. The normalized spacial score (nSPS) is 14.9. The summed E-state index contributed by atoms with van der Waals surface area (Å²) in [6.45, 7) is 0.1000. The number of Topliss-reactive ketones (excluding diaryl/α,β-unsaturated/α-hetero) is 1. The van der Waals surface area contributed by atoms with Gasteiger partial charge in [-0.2, -0.15) is 0 Å². The van der Waals surface area contributed by atoms with Gasteiger partial charge in [0.05, 0.1) is 19.8 Å². The number of hydrogen-bond acceptors (Lipinski definition) is 6. The number of methoxy groups -OCH3 is 2. The van der Waals surface area contributed by atoms with Crippen molar-refractivity contribution in [2.24, 2.45) is 5.73 Å². The van der Waals surface area contributed by atoms with Crippen LogP contribution in [-0.4, -0.2) is 38.5 Å². The van der Waals surface area contributed by atoms with Crippen molar-refractivity contribution in [3.63, 3.8) is 0 Å². The van der Waals surface area contributed by atoms with E-state index < -0.39 is 6.10 Å². The van der Waals surface area contributed by atoms with Crippen LogP contribution in [0.15, 0.2) is 42.5 Å². The molecule has 2 aromatic rings. The Labute approximate surface area is 177 Å². The summed E-state index contributed by atoms with van der Waals surface area (Å²) in [5.74, 6) is 1.19. The van der Waals surface area contributed by atoms with Gasteiger partial charge in [0, 0.05) is 18.4 Å². The van der Waals surface area contributed by atoms with Gasteiger partial charge in [0.2, 0.25) is 0 Å². The number of rotatable bonds is 10. The van der Waals surface area contributed by atoms with Gasteiger partial charge in [0.1, 0.15) is 11.9 Å². The van der Waals surface area contributed by atoms with Gasteiger partial charge in [-0.05, 0) is 67.6 Å². The third kappa shape index (κ3) is 5.30. The van der Waals surface area contributed by atoms with E-state index in [-0.39, 0.29) is 24.3 Å². The molecule has 0 heterocycles. The fourth-order valence-electron chi connectivity index (χ4n) is 3.64. The highest BCUT2D eigenvalue weighted by Crippen LogP contribution is 2.34. The lowest BCUT2D eigenvalue weighted by Crippen LogP contribution is -2.23. The first-order valence-electron chi connectivity index (χ1n) is 10.1. The van der Waals surface area contributed by atoms with Crippen molar-refractivity contribution in [1.82, 2.24) is 0 Å². The second-order valence-corrected chi connectivity index (χ2v) is 7.36. The number of ketones is 1. The van der Waals surface area contributed by atoms with Crippen molar-refractivity contribution in [2.75, 3.05) is 26.1 Å². The molecule has 1 aliphatic carbocycles. The van der Waals surface area contributed by atoms with E-state index in [1.54, 1.807) is 31.4 Å². The van der Waals surface area contributed by atoms with Crippen molar-refractivity contribution >= 4 is 17.3 Å². The van der Waals surface area contributed by atoms with Gasteiger partial charge in [-0.15, -0.1) is 0 Å². The van der Waals surface area contributed by atoms with Crippen LogP contribution in [-0.2, 0) is 9.53 Å². The number of nitrogen functional groups attached to an aromatic ring is 1. The summed E-state index contributed by atoms with van der Waals surface area (Å²) in [6.07, 6.45) is 3.88. The third-order valence-corrected chi connectivity index (χ3v) is 5.28. The molecule has 3 rings (SSSR count). The Morgan fingerprint density at radius 2 is 1.83 bits per heavy atom. The van der Waals surface area contributed by atoms with Crippen LogP contribution in [0.2, 0.25) is 0 Å². The average Bonchev–Trinajstić information content (AvgIpc) is 3.26. The first kappa shape index (κ1) is 21.6. The molecule has 30 heavy (non-hydrogen) atoms. The zero-order chi connectivity index (χ0) is 21.5. The fraction of sp³-hybridized carbons (Fsp3) is 0.391. The van der Waals surface area contributed by atoms with Crippen LogP contribution in [0.4, 0.5) is 5.69 Å². The molecule has 160 valence electrons. The first-order chi connectivity index (χ1) is 14.5. The zero-order valence-electron chi connectivity index (χ0n) is 17.4. The number of hydrogen-bond donors (Lipinski definition) is 3. The average molecular weight is 412 g/mol.